The van der Waals surface area contributed by atoms with Crippen LogP contribution in [0.4, 0.5) is 0 Å². The highest BCUT2D eigenvalue weighted by atomic mass is 16.5. The van der Waals surface area contributed by atoms with E-state index in [1.54, 1.807) is 0 Å². The van der Waals surface area contributed by atoms with E-state index in [4.69, 9.17) is 9.84 Å². The Kier molecular flexibility index (Phi) is 7.95. The van der Waals surface area contributed by atoms with Crippen LogP contribution in [0.25, 0.3) is 0 Å². The first-order chi connectivity index (χ1) is 12.3. The van der Waals surface area contributed by atoms with Crippen molar-refractivity contribution in [3.05, 3.63) is 0 Å². The minimum absolute atomic E-state index is 0.172. The molecule has 3 rings (SSSR count). The third-order valence-corrected chi connectivity index (χ3v) is 6.48. The normalized spacial score (nSPS) is 39.1. The summed E-state index contributed by atoms with van der Waals surface area (Å²) in [6.07, 6.45) is 12.4. The highest BCUT2D eigenvalue weighted by molar-refractivity contribution is 4.94. The smallest absolute Gasteiger partial charge is 0.113 e. The van der Waals surface area contributed by atoms with Crippen LogP contribution < -0.4 is 21.3 Å². The fraction of sp³-hybridized carbons (Fsp3) is 1.00. The fourth-order valence-electron chi connectivity index (χ4n) is 4.97. The van der Waals surface area contributed by atoms with Gasteiger partial charge in [0.05, 0.1) is 18.9 Å². The van der Waals surface area contributed by atoms with Crippen molar-refractivity contribution in [2.24, 2.45) is 11.8 Å². The number of hydrogen-bond acceptors (Lipinski definition) is 6. The van der Waals surface area contributed by atoms with Crippen LogP contribution in [0.3, 0.4) is 0 Å². The highest BCUT2D eigenvalue weighted by Gasteiger charge is 2.37. The summed E-state index contributed by atoms with van der Waals surface area (Å²) in [7, 11) is 1.84. The SMILES string of the molecule is COC1CCC(CCNC2NC3CCCCC3C(NCCO)N2)CC1. The number of methoxy groups -OCH3 is 1. The van der Waals surface area contributed by atoms with E-state index in [2.05, 4.69) is 21.3 Å². The van der Waals surface area contributed by atoms with Crippen molar-refractivity contribution in [2.75, 3.05) is 26.8 Å². The van der Waals surface area contributed by atoms with Gasteiger partial charge in [0, 0.05) is 25.6 Å². The molecule has 0 aromatic carbocycles. The Balaban J connectivity index is 1.41. The number of fused-ring (bicyclic) bond motifs is 1. The molecule has 146 valence electrons. The first kappa shape index (κ1) is 19.5. The maximum Gasteiger partial charge on any atom is 0.113 e. The Morgan fingerprint density at radius 1 is 0.960 bits per heavy atom. The third kappa shape index (κ3) is 5.62. The zero-order valence-electron chi connectivity index (χ0n) is 15.8. The monoisotopic (exact) mass is 354 g/mol. The lowest BCUT2D eigenvalue weighted by Gasteiger charge is -2.46. The van der Waals surface area contributed by atoms with Crippen molar-refractivity contribution in [1.82, 2.24) is 21.3 Å². The second-order valence-electron chi connectivity index (χ2n) is 8.10. The van der Waals surface area contributed by atoms with Crippen molar-refractivity contribution in [1.29, 1.82) is 0 Å². The quantitative estimate of drug-likeness (QED) is 0.450. The molecule has 6 nitrogen and oxygen atoms in total. The van der Waals surface area contributed by atoms with Crippen LogP contribution in [0.15, 0.2) is 0 Å². The molecule has 0 aromatic rings. The molecule has 2 saturated carbocycles. The molecular formula is C19H38N4O2. The zero-order valence-corrected chi connectivity index (χ0v) is 15.8. The number of hydrogen-bond donors (Lipinski definition) is 5. The summed E-state index contributed by atoms with van der Waals surface area (Å²) in [5.41, 5.74) is 0. The van der Waals surface area contributed by atoms with Crippen LogP contribution in [0.5, 0.6) is 0 Å². The average molecular weight is 355 g/mol. The Hall–Kier alpha value is -0.240. The van der Waals surface area contributed by atoms with Gasteiger partial charge < -0.3 is 9.84 Å². The summed E-state index contributed by atoms with van der Waals surface area (Å²) in [4.78, 5) is 0. The summed E-state index contributed by atoms with van der Waals surface area (Å²) in [6, 6.07) is 0.584. The lowest BCUT2D eigenvalue weighted by atomic mass is 9.81. The first-order valence-electron chi connectivity index (χ1n) is 10.4. The molecule has 25 heavy (non-hydrogen) atoms. The molecule has 2 aliphatic carbocycles. The van der Waals surface area contributed by atoms with E-state index in [1.165, 1.54) is 57.8 Å². The molecule has 0 spiro atoms. The molecule has 1 aliphatic heterocycles. The van der Waals surface area contributed by atoms with Crippen molar-refractivity contribution >= 4 is 0 Å². The molecule has 5 N–H and O–H groups in total. The molecule has 3 aliphatic rings. The molecule has 1 heterocycles. The summed E-state index contributed by atoms with van der Waals surface area (Å²) < 4.78 is 5.47. The van der Waals surface area contributed by atoms with E-state index in [9.17, 15) is 0 Å². The summed E-state index contributed by atoms with van der Waals surface area (Å²) >= 11 is 0. The van der Waals surface area contributed by atoms with E-state index < -0.39 is 0 Å². The minimum atomic E-state index is 0.172. The number of aliphatic hydroxyl groups excluding tert-OH is 1. The topological polar surface area (TPSA) is 77.6 Å². The average Bonchev–Trinajstić information content (AvgIpc) is 2.66. The molecule has 4 unspecified atom stereocenters. The van der Waals surface area contributed by atoms with Crippen LogP contribution in [0.1, 0.15) is 57.8 Å². The predicted octanol–water partition coefficient (Wildman–Crippen LogP) is 1.11. The minimum Gasteiger partial charge on any atom is -0.395 e. The van der Waals surface area contributed by atoms with E-state index in [1.807, 2.05) is 7.11 Å². The molecule has 4 atom stereocenters. The first-order valence-corrected chi connectivity index (χ1v) is 10.4. The Morgan fingerprint density at radius 3 is 2.52 bits per heavy atom. The van der Waals surface area contributed by atoms with Gasteiger partial charge in [0.15, 0.2) is 0 Å². The van der Waals surface area contributed by atoms with Gasteiger partial charge in [-0.25, -0.2) is 0 Å². The standard InChI is InChI=1S/C19H38N4O2/c1-25-15-8-6-14(7-9-15)10-11-21-19-22-17-5-3-2-4-16(17)18(23-19)20-12-13-24/h14-24H,2-13H2,1H3. The van der Waals surface area contributed by atoms with E-state index in [0.29, 0.717) is 30.8 Å². The summed E-state index contributed by atoms with van der Waals surface area (Å²) in [5.74, 6) is 1.47. The molecule has 0 amide bonds. The largest absolute Gasteiger partial charge is 0.395 e. The Bertz CT molecular complexity index is 376. The fourth-order valence-corrected chi connectivity index (χ4v) is 4.97. The van der Waals surface area contributed by atoms with E-state index in [-0.39, 0.29) is 12.9 Å². The van der Waals surface area contributed by atoms with Gasteiger partial charge >= 0.3 is 0 Å². The lowest BCUT2D eigenvalue weighted by Crippen LogP contribution is -2.71. The van der Waals surface area contributed by atoms with Crippen molar-refractivity contribution in [2.45, 2.75) is 82.4 Å². The molecule has 0 bridgehead atoms. The number of ether oxygens (including phenoxy) is 1. The van der Waals surface area contributed by atoms with Gasteiger partial charge in [-0.05, 0) is 57.4 Å². The maximum absolute atomic E-state index is 9.15. The zero-order chi connectivity index (χ0) is 17.5. The molecule has 3 fully saturated rings. The van der Waals surface area contributed by atoms with Crippen LogP contribution in [0.2, 0.25) is 0 Å². The van der Waals surface area contributed by atoms with Crippen molar-refractivity contribution in [3.63, 3.8) is 0 Å². The second-order valence-corrected chi connectivity index (χ2v) is 8.10. The van der Waals surface area contributed by atoms with Crippen LogP contribution in [-0.4, -0.2) is 56.5 Å². The predicted molar refractivity (Wildman–Crippen MR) is 100 cm³/mol. The van der Waals surface area contributed by atoms with Gasteiger partial charge in [-0.15, -0.1) is 0 Å². The molecule has 1 saturated heterocycles. The molecule has 6 heteroatoms. The van der Waals surface area contributed by atoms with Gasteiger partial charge in [-0.3, -0.25) is 21.3 Å². The second kappa shape index (κ2) is 10.2. The Morgan fingerprint density at radius 2 is 1.76 bits per heavy atom. The van der Waals surface area contributed by atoms with Crippen LogP contribution in [0, 0.1) is 11.8 Å². The molecule has 0 radical (unpaired) electrons. The van der Waals surface area contributed by atoms with E-state index >= 15 is 0 Å². The molecule has 0 aromatic heterocycles. The summed E-state index contributed by atoms with van der Waals surface area (Å²) in [5, 5.41) is 23.8. The van der Waals surface area contributed by atoms with E-state index in [0.717, 1.165) is 12.5 Å². The third-order valence-electron chi connectivity index (χ3n) is 6.48. The summed E-state index contributed by atoms with van der Waals surface area (Å²) in [6.45, 7) is 1.92. The van der Waals surface area contributed by atoms with Crippen LogP contribution in [-0.2, 0) is 4.74 Å². The highest BCUT2D eigenvalue weighted by Crippen LogP contribution is 2.29. The van der Waals surface area contributed by atoms with Crippen molar-refractivity contribution < 1.29 is 9.84 Å². The van der Waals surface area contributed by atoms with Gasteiger partial charge in [-0.1, -0.05) is 12.8 Å². The van der Waals surface area contributed by atoms with Gasteiger partial charge in [0.25, 0.3) is 0 Å². The Labute approximate surface area is 152 Å². The molecular weight excluding hydrogens is 316 g/mol. The maximum atomic E-state index is 9.15. The number of nitrogens with one attached hydrogen (secondary N) is 4. The van der Waals surface area contributed by atoms with Gasteiger partial charge in [-0.2, -0.15) is 0 Å². The van der Waals surface area contributed by atoms with Gasteiger partial charge in [0.1, 0.15) is 6.29 Å². The van der Waals surface area contributed by atoms with Gasteiger partial charge in [0.2, 0.25) is 0 Å². The van der Waals surface area contributed by atoms with Crippen molar-refractivity contribution in [3.8, 4) is 0 Å². The number of rotatable bonds is 8. The number of aliphatic hydroxyl groups is 1. The lowest BCUT2D eigenvalue weighted by molar-refractivity contribution is 0.0541. The van der Waals surface area contributed by atoms with Crippen LogP contribution >= 0.6 is 0 Å².